The van der Waals surface area contributed by atoms with E-state index in [-0.39, 0.29) is 30.3 Å². The first-order valence-corrected chi connectivity index (χ1v) is 16.2. The summed E-state index contributed by atoms with van der Waals surface area (Å²) in [6.07, 6.45) is 11.3. The topological polar surface area (TPSA) is 140 Å². The van der Waals surface area contributed by atoms with Gasteiger partial charge in [-0.3, -0.25) is 14.9 Å². The SMILES string of the molecule is CCCCCCCCCCCc1nn(-c2ccc([N+](=O)[O-])cc2)c(Oc2cc(NCCC(=O)O)c(O)c3ccccc23)c1CCl. The standard InChI is InChI=1S/C34H41ClN4O6/c1-2-3-4-5-6-7-8-9-10-15-29-28(23-35)34(38(37-29)24-16-18-25(19-17-24)39(43)44)45-31-22-30(36-21-20-32(40)41)33(42)27-14-12-11-13-26(27)31/h11-14,16-19,22,36,42H,2-10,15,20-21,23H2,1H3,(H,40,41). The zero-order chi connectivity index (χ0) is 32.2. The van der Waals surface area contributed by atoms with Gasteiger partial charge in [0, 0.05) is 35.5 Å². The monoisotopic (exact) mass is 636 g/mol. The van der Waals surface area contributed by atoms with Crippen LogP contribution in [-0.2, 0) is 17.1 Å². The van der Waals surface area contributed by atoms with Crippen molar-refractivity contribution in [1.82, 2.24) is 9.78 Å². The molecule has 11 heteroatoms. The van der Waals surface area contributed by atoms with Crippen molar-refractivity contribution in [2.45, 2.75) is 83.4 Å². The van der Waals surface area contributed by atoms with E-state index in [1.54, 1.807) is 35.0 Å². The summed E-state index contributed by atoms with van der Waals surface area (Å²) >= 11 is 6.54. The molecular weight excluding hydrogens is 596 g/mol. The maximum absolute atomic E-state index is 11.3. The number of carboxylic acid groups (broad SMARTS) is 1. The summed E-state index contributed by atoms with van der Waals surface area (Å²) < 4.78 is 8.20. The number of anilines is 1. The number of aromatic hydroxyl groups is 1. The Morgan fingerprint density at radius 2 is 1.64 bits per heavy atom. The molecule has 0 atom stereocenters. The van der Waals surface area contributed by atoms with Crippen molar-refractivity contribution in [2.24, 2.45) is 0 Å². The van der Waals surface area contributed by atoms with Crippen LogP contribution in [0.25, 0.3) is 16.5 Å². The lowest BCUT2D eigenvalue weighted by molar-refractivity contribution is -0.384. The van der Waals surface area contributed by atoms with E-state index in [0.29, 0.717) is 45.8 Å². The first-order valence-electron chi connectivity index (χ1n) is 15.6. The van der Waals surface area contributed by atoms with Gasteiger partial charge in [-0.2, -0.15) is 5.10 Å². The third-order valence-corrected chi connectivity index (χ3v) is 8.08. The molecule has 0 saturated heterocycles. The van der Waals surface area contributed by atoms with Gasteiger partial charge in [0.25, 0.3) is 5.69 Å². The van der Waals surface area contributed by atoms with Gasteiger partial charge in [0.15, 0.2) is 0 Å². The highest BCUT2D eigenvalue weighted by Gasteiger charge is 2.23. The summed E-state index contributed by atoms with van der Waals surface area (Å²) in [7, 11) is 0. The Morgan fingerprint density at radius 1 is 1.00 bits per heavy atom. The highest BCUT2D eigenvalue weighted by molar-refractivity contribution is 6.17. The maximum atomic E-state index is 11.3. The number of nitrogens with one attached hydrogen (secondary N) is 1. The summed E-state index contributed by atoms with van der Waals surface area (Å²) in [6, 6.07) is 14.9. The number of nitrogens with zero attached hydrogens (tertiary/aromatic N) is 3. The molecule has 0 radical (unpaired) electrons. The number of benzene rings is 3. The predicted octanol–water partition coefficient (Wildman–Crippen LogP) is 9.13. The van der Waals surface area contributed by atoms with Crippen molar-refractivity contribution in [3.8, 4) is 23.1 Å². The third kappa shape index (κ3) is 8.88. The number of alkyl halides is 1. The summed E-state index contributed by atoms with van der Waals surface area (Å²) in [6.45, 7) is 2.33. The molecule has 0 spiro atoms. The Balaban J connectivity index is 1.66. The number of nitro benzene ring substituents is 1. The fraction of sp³-hybridized carbons (Fsp3) is 0.412. The number of fused-ring (bicyclic) bond motifs is 1. The van der Waals surface area contributed by atoms with Crippen molar-refractivity contribution in [3.05, 3.63) is 76.0 Å². The number of hydrogen-bond acceptors (Lipinski definition) is 7. The van der Waals surface area contributed by atoms with Crippen LogP contribution in [0.15, 0.2) is 54.6 Å². The lowest BCUT2D eigenvalue weighted by Crippen LogP contribution is -2.08. The minimum Gasteiger partial charge on any atom is -0.505 e. The number of phenolic OH excluding ortho intramolecular Hbond substituents is 1. The number of aromatic nitrogens is 2. The van der Waals surface area contributed by atoms with Crippen LogP contribution in [0.1, 0.15) is 82.4 Å². The van der Waals surface area contributed by atoms with Crippen LogP contribution < -0.4 is 10.1 Å². The molecule has 4 aromatic rings. The van der Waals surface area contributed by atoms with Gasteiger partial charge >= 0.3 is 5.97 Å². The van der Waals surface area contributed by atoms with Crippen molar-refractivity contribution in [1.29, 1.82) is 0 Å². The molecule has 0 saturated carbocycles. The van der Waals surface area contributed by atoms with E-state index in [4.69, 9.17) is 26.5 Å². The Kier molecular flexibility index (Phi) is 12.4. The summed E-state index contributed by atoms with van der Waals surface area (Å²) in [5.41, 5.74) is 2.37. The van der Waals surface area contributed by atoms with Crippen molar-refractivity contribution in [2.75, 3.05) is 11.9 Å². The van der Waals surface area contributed by atoms with Crippen LogP contribution in [0.5, 0.6) is 17.4 Å². The molecule has 0 aliphatic rings. The maximum Gasteiger partial charge on any atom is 0.305 e. The van der Waals surface area contributed by atoms with Gasteiger partial charge in [-0.25, -0.2) is 4.68 Å². The average Bonchev–Trinajstić information content (AvgIpc) is 3.38. The molecule has 0 bridgehead atoms. The number of carbonyl (C=O) groups is 1. The molecule has 0 fully saturated rings. The largest absolute Gasteiger partial charge is 0.505 e. The number of unbranched alkanes of at least 4 members (excludes halogenated alkanes) is 8. The quantitative estimate of drug-likeness (QED) is 0.0304. The first-order chi connectivity index (χ1) is 21.8. The molecule has 0 amide bonds. The lowest BCUT2D eigenvalue weighted by atomic mass is 10.0. The van der Waals surface area contributed by atoms with E-state index >= 15 is 0 Å². The Morgan fingerprint density at radius 3 is 2.27 bits per heavy atom. The number of halogens is 1. The number of ether oxygens (including phenoxy) is 1. The summed E-state index contributed by atoms with van der Waals surface area (Å²) in [5, 5.41) is 40.4. The second kappa shape index (κ2) is 16.7. The van der Waals surface area contributed by atoms with E-state index in [1.165, 1.54) is 50.7 Å². The lowest BCUT2D eigenvalue weighted by Gasteiger charge is -2.16. The Labute approximate surface area is 268 Å². The molecule has 1 heterocycles. The van der Waals surface area contributed by atoms with Crippen LogP contribution in [-0.4, -0.2) is 37.4 Å². The molecule has 3 N–H and O–H groups in total. The first kappa shape index (κ1) is 33.6. The smallest absolute Gasteiger partial charge is 0.305 e. The van der Waals surface area contributed by atoms with Crippen LogP contribution in [0.4, 0.5) is 11.4 Å². The fourth-order valence-corrected chi connectivity index (χ4v) is 5.63. The van der Waals surface area contributed by atoms with E-state index in [2.05, 4.69) is 12.2 Å². The fourth-order valence-electron chi connectivity index (χ4n) is 5.37. The van der Waals surface area contributed by atoms with E-state index in [1.807, 2.05) is 12.1 Å². The van der Waals surface area contributed by atoms with Crippen molar-refractivity contribution >= 4 is 39.7 Å². The summed E-state index contributed by atoms with van der Waals surface area (Å²) in [4.78, 5) is 21.9. The van der Waals surface area contributed by atoms with Gasteiger partial charge in [0.1, 0.15) is 11.5 Å². The van der Waals surface area contributed by atoms with Crippen LogP contribution >= 0.6 is 11.6 Å². The van der Waals surface area contributed by atoms with Crippen molar-refractivity contribution in [3.63, 3.8) is 0 Å². The molecule has 0 aliphatic carbocycles. The predicted molar refractivity (Wildman–Crippen MR) is 177 cm³/mol. The second-order valence-electron chi connectivity index (χ2n) is 11.1. The summed E-state index contributed by atoms with van der Waals surface area (Å²) in [5.74, 6) is -0.0647. The zero-order valence-corrected chi connectivity index (χ0v) is 26.4. The number of aliphatic carboxylic acids is 1. The van der Waals surface area contributed by atoms with Gasteiger partial charge in [-0.1, -0.05) is 82.6 Å². The molecule has 3 aromatic carbocycles. The molecule has 1 aromatic heterocycles. The third-order valence-electron chi connectivity index (χ3n) is 7.81. The van der Waals surface area contributed by atoms with Gasteiger partial charge in [-0.15, -0.1) is 11.6 Å². The number of aryl methyl sites for hydroxylation is 1. The number of carboxylic acids is 1. The number of rotatable bonds is 19. The van der Waals surface area contributed by atoms with Gasteiger partial charge < -0.3 is 20.3 Å². The van der Waals surface area contributed by atoms with Gasteiger partial charge in [0.2, 0.25) is 5.88 Å². The molecule has 0 aliphatic heterocycles. The van der Waals surface area contributed by atoms with E-state index < -0.39 is 10.9 Å². The Hall–Kier alpha value is -4.31. The van der Waals surface area contributed by atoms with E-state index in [9.17, 15) is 20.0 Å². The molecule has 10 nitrogen and oxygen atoms in total. The van der Waals surface area contributed by atoms with Crippen molar-refractivity contribution < 1.29 is 24.7 Å². The second-order valence-corrected chi connectivity index (χ2v) is 11.4. The number of nitro groups is 1. The van der Waals surface area contributed by atoms with Gasteiger partial charge in [-0.05, 0) is 25.0 Å². The molecule has 4 rings (SSSR count). The van der Waals surface area contributed by atoms with E-state index in [0.717, 1.165) is 25.0 Å². The number of non-ortho nitro benzene ring substituents is 1. The number of hydrogen-bond donors (Lipinski definition) is 3. The normalized spacial score (nSPS) is 11.2. The minimum atomic E-state index is -0.961. The highest BCUT2D eigenvalue weighted by atomic mass is 35.5. The van der Waals surface area contributed by atoms with Crippen LogP contribution in [0.2, 0.25) is 0 Å². The highest BCUT2D eigenvalue weighted by Crippen LogP contribution is 2.42. The molecule has 45 heavy (non-hydrogen) atoms. The molecule has 0 unspecified atom stereocenters. The zero-order valence-electron chi connectivity index (χ0n) is 25.6. The Bertz CT molecular complexity index is 1590. The van der Waals surface area contributed by atoms with Gasteiger partial charge in [0.05, 0.1) is 39.9 Å². The molecular formula is C34H41ClN4O6. The van der Waals surface area contributed by atoms with Crippen LogP contribution in [0, 0.1) is 10.1 Å². The average molecular weight is 637 g/mol. The number of phenols is 1. The minimum absolute atomic E-state index is 0.0177. The molecule has 240 valence electrons. The van der Waals surface area contributed by atoms with Crippen LogP contribution in [0.3, 0.4) is 0 Å².